The van der Waals surface area contributed by atoms with E-state index in [0.717, 1.165) is 29.3 Å². The molecule has 2 heterocycles. The first-order valence-electron chi connectivity index (χ1n) is 4.84. The van der Waals surface area contributed by atoms with Crippen LogP contribution in [0.1, 0.15) is 11.5 Å². The van der Waals surface area contributed by atoms with Gasteiger partial charge in [0.2, 0.25) is 0 Å². The molecule has 0 aromatic carbocycles. The SMILES string of the molecule is Cc1[nH]c(CCCl)nc1-c1ccccn1. The fourth-order valence-electron chi connectivity index (χ4n) is 1.48. The van der Waals surface area contributed by atoms with E-state index in [4.69, 9.17) is 11.6 Å². The summed E-state index contributed by atoms with van der Waals surface area (Å²) in [6.45, 7) is 1.99. The van der Waals surface area contributed by atoms with Crippen molar-refractivity contribution in [1.29, 1.82) is 0 Å². The number of rotatable bonds is 3. The summed E-state index contributed by atoms with van der Waals surface area (Å²) in [7, 11) is 0. The van der Waals surface area contributed by atoms with Gasteiger partial charge in [-0.2, -0.15) is 0 Å². The van der Waals surface area contributed by atoms with Crippen molar-refractivity contribution in [1.82, 2.24) is 15.0 Å². The third-order valence-corrected chi connectivity index (χ3v) is 2.36. The Balaban J connectivity index is 2.36. The molecule has 0 bridgehead atoms. The molecule has 78 valence electrons. The predicted molar refractivity (Wildman–Crippen MR) is 61.0 cm³/mol. The molecule has 0 saturated carbocycles. The Kier molecular flexibility index (Phi) is 3.02. The Morgan fingerprint density at radius 1 is 1.40 bits per heavy atom. The summed E-state index contributed by atoms with van der Waals surface area (Å²) in [5.74, 6) is 1.50. The fourth-order valence-corrected chi connectivity index (χ4v) is 1.66. The average Bonchev–Trinajstić information content (AvgIpc) is 2.61. The molecule has 0 spiro atoms. The minimum atomic E-state index is 0.578. The molecule has 0 aliphatic carbocycles. The lowest BCUT2D eigenvalue weighted by Crippen LogP contribution is -1.88. The van der Waals surface area contributed by atoms with Crippen molar-refractivity contribution in [2.75, 3.05) is 5.88 Å². The van der Waals surface area contributed by atoms with Crippen LogP contribution >= 0.6 is 11.6 Å². The molecule has 0 atom stereocenters. The predicted octanol–water partition coefficient (Wildman–Crippen LogP) is 2.56. The highest BCUT2D eigenvalue weighted by atomic mass is 35.5. The van der Waals surface area contributed by atoms with E-state index >= 15 is 0 Å². The van der Waals surface area contributed by atoms with Crippen molar-refractivity contribution in [3.05, 3.63) is 35.9 Å². The molecule has 0 aliphatic rings. The molecule has 0 fully saturated rings. The number of aryl methyl sites for hydroxylation is 2. The second kappa shape index (κ2) is 4.45. The molecule has 0 unspecified atom stereocenters. The van der Waals surface area contributed by atoms with E-state index in [9.17, 15) is 0 Å². The third-order valence-electron chi connectivity index (χ3n) is 2.17. The Morgan fingerprint density at radius 3 is 2.93 bits per heavy atom. The van der Waals surface area contributed by atoms with Crippen LogP contribution in [0.25, 0.3) is 11.4 Å². The van der Waals surface area contributed by atoms with Crippen molar-refractivity contribution >= 4 is 11.6 Å². The van der Waals surface area contributed by atoms with Crippen LogP contribution in [0.15, 0.2) is 24.4 Å². The van der Waals surface area contributed by atoms with Crippen molar-refractivity contribution in [3.8, 4) is 11.4 Å². The summed E-state index contributed by atoms with van der Waals surface area (Å²) in [5, 5.41) is 0. The molecule has 3 nitrogen and oxygen atoms in total. The first-order valence-corrected chi connectivity index (χ1v) is 5.37. The Morgan fingerprint density at radius 2 is 2.27 bits per heavy atom. The van der Waals surface area contributed by atoms with Gasteiger partial charge in [-0.25, -0.2) is 4.98 Å². The van der Waals surface area contributed by atoms with Gasteiger partial charge in [0.05, 0.1) is 5.69 Å². The molecule has 15 heavy (non-hydrogen) atoms. The van der Waals surface area contributed by atoms with Crippen LogP contribution in [0.2, 0.25) is 0 Å². The number of halogens is 1. The lowest BCUT2D eigenvalue weighted by molar-refractivity contribution is 0.988. The van der Waals surface area contributed by atoms with Gasteiger partial charge >= 0.3 is 0 Å². The van der Waals surface area contributed by atoms with E-state index in [1.165, 1.54) is 0 Å². The number of nitrogens with zero attached hydrogens (tertiary/aromatic N) is 2. The molecule has 0 radical (unpaired) electrons. The van der Waals surface area contributed by atoms with E-state index in [2.05, 4.69) is 15.0 Å². The largest absolute Gasteiger partial charge is 0.345 e. The van der Waals surface area contributed by atoms with Crippen LogP contribution in [0, 0.1) is 6.92 Å². The Labute approximate surface area is 93.5 Å². The van der Waals surface area contributed by atoms with Gasteiger partial charge in [0.15, 0.2) is 0 Å². The zero-order valence-electron chi connectivity index (χ0n) is 8.50. The molecule has 0 saturated heterocycles. The van der Waals surface area contributed by atoms with Gasteiger partial charge in [-0.3, -0.25) is 4.98 Å². The number of hydrogen-bond acceptors (Lipinski definition) is 2. The third kappa shape index (κ3) is 2.18. The number of hydrogen-bond donors (Lipinski definition) is 1. The summed E-state index contributed by atoms with van der Waals surface area (Å²) < 4.78 is 0. The smallest absolute Gasteiger partial charge is 0.110 e. The van der Waals surface area contributed by atoms with Crippen LogP contribution < -0.4 is 0 Å². The van der Waals surface area contributed by atoms with Crippen LogP contribution in [-0.4, -0.2) is 20.8 Å². The zero-order valence-corrected chi connectivity index (χ0v) is 9.25. The van der Waals surface area contributed by atoms with Gasteiger partial charge in [-0.15, -0.1) is 11.6 Å². The second-order valence-corrected chi connectivity index (χ2v) is 3.69. The maximum Gasteiger partial charge on any atom is 0.110 e. The average molecular weight is 222 g/mol. The Hall–Kier alpha value is -1.35. The van der Waals surface area contributed by atoms with Crippen LogP contribution in [0.4, 0.5) is 0 Å². The molecule has 2 aromatic heterocycles. The normalized spacial score (nSPS) is 10.5. The topological polar surface area (TPSA) is 41.6 Å². The van der Waals surface area contributed by atoms with Gasteiger partial charge in [0.1, 0.15) is 11.5 Å². The standard InChI is InChI=1S/C11H12ClN3/c1-8-11(9-4-2-3-7-13-9)15-10(14-8)5-6-12/h2-4,7H,5-6H2,1H3,(H,14,15). The van der Waals surface area contributed by atoms with Crippen molar-refractivity contribution in [2.45, 2.75) is 13.3 Å². The highest BCUT2D eigenvalue weighted by molar-refractivity contribution is 6.17. The summed E-state index contributed by atoms with van der Waals surface area (Å²) in [5.41, 5.74) is 2.84. The molecule has 2 rings (SSSR count). The summed E-state index contributed by atoms with van der Waals surface area (Å²) in [6, 6.07) is 5.80. The number of alkyl halides is 1. The van der Waals surface area contributed by atoms with Crippen molar-refractivity contribution in [3.63, 3.8) is 0 Å². The number of imidazole rings is 1. The number of aromatic amines is 1. The van der Waals surface area contributed by atoms with Gasteiger partial charge in [-0.05, 0) is 19.1 Å². The zero-order chi connectivity index (χ0) is 10.7. The van der Waals surface area contributed by atoms with E-state index in [-0.39, 0.29) is 0 Å². The molecular weight excluding hydrogens is 210 g/mol. The summed E-state index contributed by atoms with van der Waals surface area (Å²) in [4.78, 5) is 11.9. The monoisotopic (exact) mass is 221 g/mol. The van der Waals surface area contributed by atoms with E-state index in [1.54, 1.807) is 6.20 Å². The minimum Gasteiger partial charge on any atom is -0.345 e. The maximum atomic E-state index is 5.67. The number of H-pyrrole nitrogens is 1. The fraction of sp³-hybridized carbons (Fsp3) is 0.273. The van der Waals surface area contributed by atoms with Gasteiger partial charge in [0.25, 0.3) is 0 Å². The molecule has 0 aliphatic heterocycles. The molecule has 1 N–H and O–H groups in total. The highest BCUT2D eigenvalue weighted by Crippen LogP contribution is 2.18. The second-order valence-electron chi connectivity index (χ2n) is 3.31. The Bertz CT molecular complexity index is 436. The quantitative estimate of drug-likeness (QED) is 0.810. The van der Waals surface area contributed by atoms with Gasteiger partial charge in [0, 0.05) is 24.2 Å². The molecule has 2 aromatic rings. The number of pyridine rings is 1. The van der Waals surface area contributed by atoms with E-state index < -0.39 is 0 Å². The first-order chi connectivity index (χ1) is 7.31. The molecular formula is C11H12ClN3. The van der Waals surface area contributed by atoms with Crippen LogP contribution in [0.3, 0.4) is 0 Å². The van der Waals surface area contributed by atoms with E-state index in [0.29, 0.717) is 5.88 Å². The maximum absolute atomic E-state index is 5.67. The van der Waals surface area contributed by atoms with Crippen molar-refractivity contribution < 1.29 is 0 Å². The minimum absolute atomic E-state index is 0.578. The first kappa shape index (κ1) is 10.2. The van der Waals surface area contributed by atoms with Gasteiger partial charge < -0.3 is 4.98 Å². The van der Waals surface area contributed by atoms with E-state index in [1.807, 2.05) is 25.1 Å². The molecule has 4 heteroatoms. The van der Waals surface area contributed by atoms with Crippen LogP contribution in [-0.2, 0) is 6.42 Å². The van der Waals surface area contributed by atoms with Crippen molar-refractivity contribution in [2.24, 2.45) is 0 Å². The summed E-state index contributed by atoms with van der Waals surface area (Å²) in [6.07, 6.45) is 2.53. The lowest BCUT2D eigenvalue weighted by Gasteiger charge is -1.95. The lowest BCUT2D eigenvalue weighted by atomic mass is 10.2. The highest BCUT2D eigenvalue weighted by Gasteiger charge is 2.08. The number of nitrogens with one attached hydrogen (secondary N) is 1. The molecule has 0 amide bonds. The van der Waals surface area contributed by atoms with Crippen LogP contribution in [0.5, 0.6) is 0 Å². The van der Waals surface area contributed by atoms with Gasteiger partial charge in [-0.1, -0.05) is 6.07 Å². The number of aromatic nitrogens is 3. The summed E-state index contributed by atoms with van der Waals surface area (Å²) >= 11 is 5.67.